The topological polar surface area (TPSA) is 55.1 Å². The molecule has 0 unspecified atom stereocenters. The Bertz CT molecular complexity index is 447. The van der Waals surface area contributed by atoms with E-state index in [2.05, 4.69) is 21.2 Å². The van der Waals surface area contributed by atoms with E-state index in [0.717, 1.165) is 22.9 Å². The Kier molecular flexibility index (Phi) is 4.63. The van der Waals surface area contributed by atoms with Crippen LogP contribution in [0.4, 0.5) is 0 Å². The third kappa shape index (κ3) is 4.05. The first-order chi connectivity index (χ1) is 8.98. The van der Waals surface area contributed by atoms with Gasteiger partial charge in [-0.1, -0.05) is 35.2 Å². The van der Waals surface area contributed by atoms with Gasteiger partial charge in [0, 0.05) is 22.1 Å². The summed E-state index contributed by atoms with van der Waals surface area (Å²) in [4.78, 5) is 12.1. The zero-order valence-electron chi connectivity index (χ0n) is 11.3. The normalized spacial score (nSPS) is 18.1. The van der Waals surface area contributed by atoms with Crippen molar-refractivity contribution in [3.05, 3.63) is 33.8 Å². The Morgan fingerprint density at radius 3 is 2.63 bits per heavy atom. The van der Waals surface area contributed by atoms with Gasteiger partial charge in [0.25, 0.3) is 5.91 Å². The number of aryl methyl sites for hydroxylation is 1. The molecular weight excluding hydrogens is 304 g/mol. The van der Waals surface area contributed by atoms with Crippen molar-refractivity contribution in [1.29, 1.82) is 0 Å². The highest BCUT2D eigenvalue weighted by Gasteiger charge is 2.27. The highest BCUT2D eigenvalue weighted by molar-refractivity contribution is 9.10. The van der Waals surface area contributed by atoms with Crippen LogP contribution in [0.3, 0.4) is 0 Å². The van der Waals surface area contributed by atoms with Crippen molar-refractivity contribution < 1.29 is 4.79 Å². The van der Waals surface area contributed by atoms with E-state index in [1.165, 1.54) is 19.3 Å². The second kappa shape index (κ2) is 6.06. The Balaban J connectivity index is 1.97. The lowest BCUT2D eigenvalue weighted by Crippen LogP contribution is -2.51. The molecule has 0 heterocycles. The van der Waals surface area contributed by atoms with Crippen molar-refractivity contribution in [2.24, 2.45) is 5.73 Å². The maximum atomic E-state index is 12.1. The standard InChI is InChI=1S/C15H21BrN2O/c1-11-7-12(9-13(16)8-11)14(19)18-10-15(17)5-3-2-4-6-15/h7-9H,2-6,10,17H2,1H3,(H,18,19). The largest absolute Gasteiger partial charge is 0.350 e. The number of nitrogens with one attached hydrogen (secondary N) is 1. The van der Waals surface area contributed by atoms with E-state index in [0.29, 0.717) is 12.1 Å². The fraction of sp³-hybridized carbons (Fsp3) is 0.533. The van der Waals surface area contributed by atoms with Gasteiger partial charge in [0.1, 0.15) is 0 Å². The van der Waals surface area contributed by atoms with Gasteiger partial charge in [-0.3, -0.25) is 4.79 Å². The van der Waals surface area contributed by atoms with Gasteiger partial charge in [-0.05, 0) is 43.5 Å². The number of halogens is 1. The first-order valence-corrected chi connectivity index (χ1v) is 7.62. The predicted octanol–water partition coefficient (Wildman–Crippen LogP) is 3.15. The number of rotatable bonds is 3. The van der Waals surface area contributed by atoms with E-state index in [4.69, 9.17) is 5.73 Å². The summed E-state index contributed by atoms with van der Waals surface area (Å²) in [7, 11) is 0. The molecular formula is C15H21BrN2O. The first-order valence-electron chi connectivity index (χ1n) is 6.83. The molecule has 0 radical (unpaired) electrons. The molecule has 104 valence electrons. The molecule has 19 heavy (non-hydrogen) atoms. The van der Waals surface area contributed by atoms with Crippen LogP contribution < -0.4 is 11.1 Å². The minimum atomic E-state index is -0.213. The molecule has 2 rings (SSSR count). The van der Waals surface area contributed by atoms with Crippen LogP contribution in [0, 0.1) is 6.92 Å². The molecule has 1 aliphatic rings. The summed E-state index contributed by atoms with van der Waals surface area (Å²) in [6.07, 6.45) is 5.61. The fourth-order valence-electron chi connectivity index (χ4n) is 2.66. The minimum Gasteiger partial charge on any atom is -0.350 e. The van der Waals surface area contributed by atoms with Gasteiger partial charge < -0.3 is 11.1 Å². The number of hydrogen-bond acceptors (Lipinski definition) is 2. The van der Waals surface area contributed by atoms with E-state index >= 15 is 0 Å². The highest BCUT2D eigenvalue weighted by Crippen LogP contribution is 2.25. The molecule has 1 aromatic carbocycles. The van der Waals surface area contributed by atoms with Gasteiger partial charge >= 0.3 is 0 Å². The van der Waals surface area contributed by atoms with Gasteiger partial charge in [0.2, 0.25) is 0 Å². The Labute approximate surface area is 123 Å². The van der Waals surface area contributed by atoms with Crippen LogP contribution in [0.15, 0.2) is 22.7 Å². The van der Waals surface area contributed by atoms with Crippen LogP contribution in [0.5, 0.6) is 0 Å². The second-order valence-corrected chi connectivity index (χ2v) is 6.54. The van der Waals surface area contributed by atoms with Crippen LogP contribution in [0.1, 0.15) is 48.0 Å². The Morgan fingerprint density at radius 2 is 2.00 bits per heavy atom. The lowest BCUT2D eigenvalue weighted by atomic mass is 9.82. The molecule has 1 aromatic rings. The summed E-state index contributed by atoms with van der Waals surface area (Å²) in [5, 5.41) is 2.98. The SMILES string of the molecule is Cc1cc(Br)cc(C(=O)NCC2(N)CCCCC2)c1. The third-order valence-electron chi connectivity index (χ3n) is 3.75. The van der Waals surface area contributed by atoms with Crippen molar-refractivity contribution in [3.8, 4) is 0 Å². The van der Waals surface area contributed by atoms with Gasteiger partial charge in [-0.25, -0.2) is 0 Å². The lowest BCUT2D eigenvalue weighted by Gasteiger charge is -2.33. The molecule has 0 bridgehead atoms. The highest BCUT2D eigenvalue weighted by atomic mass is 79.9. The van der Waals surface area contributed by atoms with Crippen LogP contribution in [-0.4, -0.2) is 18.0 Å². The molecule has 3 N–H and O–H groups in total. The maximum Gasteiger partial charge on any atom is 0.251 e. The smallest absolute Gasteiger partial charge is 0.251 e. The van der Waals surface area contributed by atoms with E-state index in [1.807, 2.05) is 25.1 Å². The summed E-state index contributed by atoms with van der Waals surface area (Å²) in [5.74, 6) is -0.0419. The summed E-state index contributed by atoms with van der Waals surface area (Å²) in [6, 6.07) is 5.72. The van der Waals surface area contributed by atoms with Crippen molar-refractivity contribution in [3.63, 3.8) is 0 Å². The maximum absolute atomic E-state index is 12.1. The van der Waals surface area contributed by atoms with Crippen LogP contribution in [-0.2, 0) is 0 Å². The third-order valence-corrected chi connectivity index (χ3v) is 4.21. The quantitative estimate of drug-likeness (QED) is 0.897. The summed E-state index contributed by atoms with van der Waals surface area (Å²) < 4.78 is 0.928. The number of carbonyl (C=O) groups excluding carboxylic acids is 1. The molecule has 0 saturated heterocycles. The monoisotopic (exact) mass is 324 g/mol. The molecule has 1 amide bonds. The fourth-order valence-corrected chi connectivity index (χ4v) is 3.27. The predicted molar refractivity (Wildman–Crippen MR) is 81.2 cm³/mol. The van der Waals surface area contributed by atoms with Crippen LogP contribution >= 0.6 is 15.9 Å². The molecule has 4 heteroatoms. The minimum absolute atomic E-state index is 0.0419. The summed E-state index contributed by atoms with van der Waals surface area (Å²) in [6.45, 7) is 2.55. The molecule has 0 aromatic heterocycles. The number of benzene rings is 1. The zero-order chi connectivity index (χ0) is 13.9. The Hall–Kier alpha value is -0.870. The molecule has 0 atom stereocenters. The average Bonchev–Trinajstić information content (AvgIpc) is 2.36. The van der Waals surface area contributed by atoms with E-state index in [-0.39, 0.29) is 11.4 Å². The Morgan fingerprint density at radius 1 is 1.32 bits per heavy atom. The van der Waals surface area contributed by atoms with Crippen LogP contribution in [0.2, 0.25) is 0 Å². The summed E-state index contributed by atoms with van der Waals surface area (Å²) >= 11 is 3.41. The van der Waals surface area contributed by atoms with E-state index in [9.17, 15) is 4.79 Å². The first kappa shape index (κ1) is 14.5. The number of nitrogens with two attached hydrogens (primary N) is 1. The number of hydrogen-bond donors (Lipinski definition) is 2. The van der Waals surface area contributed by atoms with Crippen molar-refractivity contribution in [2.45, 2.75) is 44.6 Å². The van der Waals surface area contributed by atoms with Crippen LogP contribution in [0.25, 0.3) is 0 Å². The molecule has 1 saturated carbocycles. The molecule has 0 spiro atoms. The average molecular weight is 325 g/mol. The number of amides is 1. The second-order valence-electron chi connectivity index (χ2n) is 5.62. The number of carbonyl (C=O) groups is 1. The molecule has 1 aliphatic carbocycles. The van der Waals surface area contributed by atoms with Gasteiger partial charge in [-0.15, -0.1) is 0 Å². The van der Waals surface area contributed by atoms with E-state index in [1.54, 1.807) is 0 Å². The van der Waals surface area contributed by atoms with Gasteiger partial charge in [-0.2, -0.15) is 0 Å². The zero-order valence-corrected chi connectivity index (χ0v) is 12.9. The molecule has 0 aliphatic heterocycles. The molecule has 3 nitrogen and oxygen atoms in total. The van der Waals surface area contributed by atoms with Crippen molar-refractivity contribution >= 4 is 21.8 Å². The molecule has 1 fully saturated rings. The van der Waals surface area contributed by atoms with Crippen molar-refractivity contribution in [2.75, 3.05) is 6.54 Å². The lowest BCUT2D eigenvalue weighted by molar-refractivity contribution is 0.0937. The van der Waals surface area contributed by atoms with Gasteiger partial charge in [0.05, 0.1) is 0 Å². The summed E-state index contributed by atoms with van der Waals surface area (Å²) in [5.41, 5.74) is 7.86. The van der Waals surface area contributed by atoms with E-state index < -0.39 is 0 Å². The van der Waals surface area contributed by atoms with Crippen molar-refractivity contribution in [1.82, 2.24) is 5.32 Å². The van der Waals surface area contributed by atoms with Gasteiger partial charge in [0.15, 0.2) is 0 Å².